The van der Waals surface area contributed by atoms with Gasteiger partial charge in [0.2, 0.25) is 0 Å². The van der Waals surface area contributed by atoms with E-state index in [-0.39, 0.29) is 5.54 Å². The van der Waals surface area contributed by atoms with Gasteiger partial charge in [-0.3, -0.25) is 0 Å². The average Bonchev–Trinajstić information content (AvgIpc) is 2.41. The molecule has 0 bridgehead atoms. The van der Waals surface area contributed by atoms with Gasteiger partial charge in [0.05, 0.1) is 6.61 Å². The fraction of sp³-hybridized carbons (Fsp3) is 0.667. The normalized spacial score (nSPS) is 13.2. The molecule has 20 heavy (non-hydrogen) atoms. The molecule has 2 nitrogen and oxygen atoms in total. The Bertz CT molecular complexity index is 381. The first-order valence-corrected chi connectivity index (χ1v) is 7.91. The van der Waals surface area contributed by atoms with Crippen molar-refractivity contribution >= 4 is 0 Å². The lowest BCUT2D eigenvalue weighted by Crippen LogP contribution is -2.36. The van der Waals surface area contributed by atoms with Gasteiger partial charge < -0.3 is 10.1 Å². The van der Waals surface area contributed by atoms with E-state index in [1.54, 1.807) is 0 Å². The molecule has 1 aromatic rings. The molecule has 0 saturated carbocycles. The Hall–Kier alpha value is -1.02. The maximum atomic E-state index is 5.96. The first-order chi connectivity index (χ1) is 9.44. The summed E-state index contributed by atoms with van der Waals surface area (Å²) in [4.78, 5) is 0. The van der Waals surface area contributed by atoms with Crippen LogP contribution in [0.15, 0.2) is 24.3 Å². The van der Waals surface area contributed by atoms with Crippen LogP contribution in [0.1, 0.15) is 65.4 Å². The lowest BCUT2D eigenvalue weighted by atomic mass is 9.98. The number of hydrogen-bond donors (Lipinski definition) is 1. The van der Waals surface area contributed by atoms with Crippen LogP contribution in [0.25, 0.3) is 0 Å². The first kappa shape index (κ1) is 17.0. The van der Waals surface area contributed by atoms with Crippen molar-refractivity contribution < 1.29 is 4.74 Å². The third kappa shape index (κ3) is 6.42. The van der Waals surface area contributed by atoms with E-state index in [4.69, 9.17) is 4.74 Å². The van der Waals surface area contributed by atoms with Crippen LogP contribution < -0.4 is 10.1 Å². The number of benzene rings is 1. The molecule has 0 aliphatic carbocycles. The summed E-state index contributed by atoms with van der Waals surface area (Å²) < 4.78 is 5.96. The smallest absolute Gasteiger partial charge is 0.122 e. The van der Waals surface area contributed by atoms with E-state index in [1.807, 2.05) is 0 Å². The molecule has 0 aromatic heterocycles. The maximum Gasteiger partial charge on any atom is 0.122 e. The van der Waals surface area contributed by atoms with E-state index < -0.39 is 0 Å². The van der Waals surface area contributed by atoms with Gasteiger partial charge in [-0.25, -0.2) is 0 Å². The van der Waals surface area contributed by atoms with Crippen LogP contribution in [0.3, 0.4) is 0 Å². The second kappa shape index (κ2) is 8.31. The number of ether oxygens (including phenoxy) is 1. The number of rotatable bonds is 8. The van der Waals surface area contributed by atoms with Crippen LogP contribution in [-0.2, 0) is 0 Å². The van der Waals surface area contributed by atoms with Gasteiger partial charge in [0.15, 0.2) is 0 Å². The Balaban J connectivity index is 2.32. The highest BCUT2D eigenvalue weighted by molar-refractivity contribution is 5.35. The summed E-state index contributed by atoms with van der Waals surface area (Å²) >= 11 is 0. The molecule has 0 aliphatic rings. The second-order valence-corrected chi connectivity index (χ2v) is 6.58. The number of para-hydroxylation sites is 1. The van der Waals surface area contributed by atoms with E-state index in [1.165, 1.54) is 5.56 Å². The lowest BCUT2D eigenvalue weighted by Gasteiger charge is -2.20. The summed E-state index contributed by atoms with van der Waals surface area (Å²) in [7, 11) is 0. The standard InChI is InChI=1S/C18H31NO/c1-6-15(2)16-11-7-8-12-17(16)20-14-10-9-13-19-18(3,4)5/h7-8,11-12,15,19H,6,9-10,13-14H2,1-5H3. The van der Waals surface area contributed by atoms with Gasteiger partial charge in [-0.1, -0.05) is 32.0 Å². The minimum Gasteiger partial charge on any atom is -0.493 e. The molecule has 0 radical (unpaired) electrons. The Labute approximate surface area is 124 Å². The van der Waals surface area contributed by atoms with Crippen molar-refractivity contribution in [3.63, 3.8) is 0 Å². The predicted molar refractivity (Wildman–Crippen MR) is 87.6 cm³/mol. The minimum atomic E-state index is 0.212. The number of nitrogens with one attached hydrogen (secondary N) is 1. The summed E-state index contributed by atoms with van der Waals surface area (Å²) in [6.07, 6.45) is 3.40. The lowest BCUT2D eigenvalue weighted by molar-refractivity contribution is 0.297. The van der Waals surface area contributed by atoms with Crippen molar-refractivity contribution in [1.29, 1.82) is 0 Å². The largest absolute Gasteiger partial charge is 0.493 e. The van der Waals surface area contributed by atoms with Crippen molar-refractivity contribution in [3.05, 3.63) is 29.8 Å². The monoisotopic (exact) mass is 277 g/mol. The molecule has 1 aromatic carbocycles. The van der Waals surface area contributed by atoms with Gasteiger partial charge in [-0.2, -0.15) is 0 Å². The molecule has 0 fully saturated rings. The van der Waals surface area contributed by atoms with Gasteiger partial charge in [0, 0.05) is 5.54 Å². The average molecular weight is 277 g/mol. The number of unbranched alkanes of at least 4 members (excludes halogenated alkanes) is 1. The Morgan fingerprint density at radius 1 is 1.15 bits per heavy atom. The molecule has 2 heteroatoms. The quantitative estimate of drug-likeness (QED) is 0.692. The van der Waals surface area contributed by atoms with E-state index in [9.17, 15) is 0 Å². The van der Waals surface area contributed by atoms with Gasteiger partial charge in [-0.05, 0) is 64.1 Å². The molecule has 114 valence electrons. The molecular formula is C18H31NO. The Kier molecular flexibility index (Phi) is 7.08. The molecule has 0 aliphatic heterocycles. The molecule has 0 heterocycles. The van der Waals surface area contributed by atoms with Crippen LogP contribution in [0.5, 0.6) is 5.75 Å². The van der Waals surface area contributed by atoms with Crippen LogP contribution >= 0.6 is 0 Å². The van der Waals surface area contributed by atoms with Crippen molar-refractivity contribution in [1.82, 2.24) is 5.32 Å². The summed E-state index contributed by atoms with van der Waals surface area (Å²) in [5, 5.41) is 3.50. The fourth-order valence-electron chi connectivity index (χ4n) is 2.11. The van der Waals surface area contributed by atoms with Crippen LogP contribution in [0, 0.1) is 0 Å². The van der Waals surface area contributed by atoms with Gasteiger partial charge in [-0.15, -0.1) is 0 Å². The molecule has 0 saturated heterocycles. The molecular weight excluding hydrogens is 246 g/mol. The highest BCUT2D eigenvalue weighted by Gasteiger charge is 2.09. The van der Waals surface area contributed by atoms with Gasteiger partial charge in [0.1, 0.15) is 5.75 Å². The molecule has 0 spiro atoms. The first-order valence-electron chi connectivity index (χ1n) is 7.91. The highest BCUT2D eigenvalue weighted by Crippen LogP contribution is 2.28. The van der Waals surface area contributed by atoms with Crippen molar-refractivity contribution in [2.45, 2.75) is 65.3 Å². The molecule has 1 atom stereocenters. The summed E-state index contributed by atoms with van der Waals surface area (Å²) in [6, 6.07) is 8.43. The molecule has 1 rings (SSSR count). The van der Waals surface area contributed by atoms with Crippen molar-refractivity contribution in [2.75, 3.05) is 13.2 Å². The maximum absolute atomic E-state index is 5.96. The van der Waals surface area contributed by atoms with Gasteiger partial charge in [0.25, 0.3) is 0 Å². The van der Waals surface area contributed by atoms with E-state index in [2.05, 4.69) is 64.2 Å². The second-order valence-electron chi connectivity index (χ2n) is 6.58. The molecule has 0 amide bonds. The zero-order valence-electron chi connectivity index (χ0n) is 13.8. The minimum absolute atomic E-state index is 0.212. The number of hydrogen-bond acceptors (Lipinski definition) is 2. The zero-order valence-corrected chi connectivity index (χ0v) is 13.8. The summed E-state index contributed by atoms with van der Waals surface area (Å²) in [5.74, 6) is 1.62. The van der Waals surface area contributed by atoms with Crippen LogP contribution in [0.4, 0.5) is 0 Å². The Morgan fingerprint density at radius 3 is 2.50 bits per heavy atom. The third-order valence-corrected chi connectivity index (χ3v) is 3.55. The SMILES string of the molecule is CCC(C)c1ccccc1OCCCCNC(C)(C)C. The van der Waals surface area contributed by atoms with Gasteiger partial charge >= 0.3 is 0 Å². The van der Waals surface area contributed by atoms with E-state index >= 15 is 0 Å². The zero-order chi connectivity index (χ0) is 15.0. The Morgan fingerprint density at radius 2 is 1.85 bits per heavy atom. The predicted octanol–water partition coefficient (Wildman–Crippen LogP) is 4.75. The van der Waals surface area contributed by atoms with E-state index in [0.717, 1.165) is 38.2 Å². The van der Waals surface area contributed by atoms with Crippen molar-refractivity contribution in [2.24, 2.45) is 0 Å². The van der Waals surface area contributed by atoms with Crippen LogP contribution in [-0.4, -0.2) is 18.7 Å². The topological polar surface area (TPSA) is 21.3 Å². The fourth-order valence-corrected chi connectivity index (χ4v) is 2.11. The summed E-state index contributed by atoms with van der Waals surface area (Å²) in [6.45, 7) is 12.9. The van der Waals surface area contributed by atoms with E-state index in [0.29, 0.717) is 5.92 Å². The third-order valence-electron chi connectivity index (χ3n) is 3.55. The molecule has 1 N–H and O–H groups in total. The summed E-state index contributed by atoms with van der Waals surface area (Å²) in [5.41, 5.74) is 1.55. The molecule has 1 unspecified atom stereocenters. The van der Waals surface area contributed by atoms with Crippen molar-refractivity contribution in [3.8, 4) is 5.75 Å². The highest BCUT2D eigenvalue weighted by atomic mass is 16.5. The van der Waals surface area contributed by atoms with Crippen LogP contribution in [0.2, 0.25) is 0 Å².